The Morgan fingerprint density at radius 2 is 2.25 bits per heavy atom. The molecule has 0 bridgehead atoms. The van der Waals surface area contributed by atoms with Gasteiger partial charge < -0.3 is 9.84 Å². The van der Waals surface area contributed by atoms with Gasteiger partial charge in [-0.15, -0.1) is 12.3 Å². The molecule has 0 aromatic heterocycles. The first-order chi connectivity index (χ1) is 5.72. The molecule has 2 heteroatoms. The van der Waals surface area contributed by atoms with Crippen molar-refractivity contribution < 1.29 is 9.84 Å². The monoisotopic (exact) mass is 170 g/mol. The highest BCUT2D eigenvalue weighted by Crippen LogP contribution is 2.10. The number of methoxy groups -OCH3 is 1. The summed E-state index contributed by atoms with van der Waals surface area (Å²) in [5.74, 6) is 2.75. The minimum atomic E-state index is -0.279. The molecule has 0 aliphatic carbocycles. The van der Waals surface area contributed by atoms with Crippen molar-refractivity contribution in [1.29, 1.82) is 0 Å². The maximum atomic E-state index is 9.53. The zero-order valence-electron chi connectivity index (χ0n) is 7.92. The Balaban J connectivity index is 3.43. The Morgan fingerprint density at radius 3 is 2.75 bits per heavy atom. The Bertz CT molecular complexity index is 137. The Morgan fingerprint density at radius 1 is 1.58 bits per heavy atom. The average Bonchev–Trinajstić information content (AvgIpc) is 2.05. The average molecular weight is 170 g/mol. The molecular weight excluding hydrogens is 152 g/mol. The lowest BCUT2D eigenvalue weighted by molar-refractivity contribution is 0.0510. The third kappa shape index (κ3) is 5.17. The maximum Gasteiger partial charge on any atom is 0.0588 e. The molecule has 0 aliphatic heterocycles. The third-order valence-corrected chi connectivity index (χ3v) is 1.91. The summed E-state index contributed by atoms with van der Waals surface area (Å²) in [5.41, 5.74) is 0. The van der Waals surface area contributed by atoms with Crippen molar-refractivity contribution in [3.05, 3.63) is 0 Å². The van der Waals surface area contributed by atoms with Crippen molar-refractivity contribution in [2.24, 2.45) is 5.92 Å². The third-order valence-electron chi connectivity index (χ3n) is 1.91. The van der Waals surface area contributed by atoms with Crippen LogP contribution in [0.4, 0.5) is 0 Å². The van der Waals surface area contributed by atoms with Crippen LogP contribution in [0.2, 0.25) is 0 Å². The van der Waals surface area contributed by atoms with Crippen LogP contribution in [-0.4, -0.2) is 24.9 Å². The predicted octanol–water partition coefficient (Wildman–Crippen LogP) is 1.43. The Hall–Kier alpha value is -0.520. The van der Waals surface area contributed by atoms with Gasteiger partial charge in [0.2, 0.25) is 0 Å². The molecule has 0 radical (unpaired) electrons. The molecule has 0 spiro atoms. The summed E-state index contributed by atoms with van der Waals surface area (Å²) in [4.78, 5) is 0. The number of hydrogen-bond donors (Lipinski definition) is 1. The van der Waals surface area contributed by atoms with Gasteiger partial charge in [-0.1, -0.05) is 6.92 Å². The zero-order chi connectivity index (χ0) is 9.40. The Kier molecular flexibility index (Phi) is 6.84. The van der Waals surface area contributed by atoms with Crippen molar-refractivity contribution in [2.75, 3.05) is 13.7 Å². The molecule has 70 valence electrons. The van der Waals surface area contributed by atoms with Crippen molar-refractivity contribution in [2.45, 2.75) is 32.3 Å². The van der Waals surface area contributed by atoms with Gasteiger partial charge in [-0.2, -0.15) is 0 Å². The highest BCUT2D eigenvalue weighted by atomic mass is 16.5. The molecule has 0 aliphatic rings. The number of terminal acetylenes is 1. The fourth-order valence-electron chi connectivity index (χ4n) is 1.07. The van der Waals surface area contributed by atoms with E-state index in [1.165, 1.54) is 0 Å². The summed E-state index contributed by atoms with van der Waals surface area (Å²) >= 11 is 0. The van der Waals surface area contributed by atoms with Crippen LogP contribution in [0.5, 0.6) is 0 Å². The molecular formula is C10H18O2. The molecule has 0 fully saturated rings. The van der Waals surface area contributed by atoms with E-state index in [0.717, 1.165) is 19.3 Å². The van der Waals surface area contributed by atoms with Crippen molar-refractivity contribution in [3.63, 3.8) is 0 Å². The second-order valence-corrected chi connectivity index (χ2v) is 3.10. The van der Waals surface area contributed by atoms with E-state index < -0.39 is 0 Å². The zero-order valence-corrected chi connectivity index (χ0v) is 7.92. The van der Waals surface area contributed by atoms with Crippen LogP contribution in [0.1, 0.15) is 26.2 Å². The van der Waals surface area contributed by atoms with Crippen LogP contribution >= 0.6 is 0 Å². The number of ether oxygens (including phenoxy) is 1. The minimum Gasteiger partial charge on any atom is -0.393 e. The molecule has 0 amide bonds. The SMILES string of the molecule is C#CCCCC(O)C(C)COC. The first kappa shape index (κ1) is 11.5. The first-order valence-electron chi connectivity index (χ1n) is 4.32. The number of unbranched alkanes of at least 4 members (excludes halogenated alkanes) is 1. The summed E-state index contributed by atoms with van der Waals surface area (Å²) in [6, 6.07) is 0. The molecule has 0 aromatic carbocycles. The van der Waals surface area contributed by atoms with Crippen LogP contribution in [0.15, 0.2) is 0 Å². The number of aliphatic hydroxyl groups is 1. The smallest absolute Gasteiger partial charge is 0.0588 e. The van der Waals surface area contributed by atoms with E-state index in [2.05, 4.69) is 5.92 Å². The standard InChI is InChI=1S/C10H18O2/c1-4-5-6-7-10(11)9(2)8-12-3/h1,9-11H,5-8H2,2-3H3. The van der Waals surface area contributed by atoms with Crippen LogP contribution in [0, 0.1) is 18.3 Å². The van der Waals surface area contributed by atoms with Gasteiger partial charge in [0.15, 0.2) is 0 Å². The largest absolute Gasteiger partial charge is 0.393 e. The summed E-state index contributed by atoms with van der Waals surface area (Å²) in [6.45, 7) is 2.58. The Labute approximate surface area is 74.9 Å². The lowest BCUT2D eigenvalue weighted by atomic mass is 10.0. The van der Waals surface area contributed by atoms with Gasteiger partial charge >= 0.3 is 0 Å². The second-order valence-electron chi connectivity index (χ2n) is 3.10. The normalized spacial score (nSPS) is 15.2. The fourth-order valence-corrected chi connectivity index (χ4v) is 1.07. The van der Waals surface area contributed by atoms with Crippen molar-refractivity contribution in [3.8, 4) is 12.3 Å². The van der Waals surface area contributed by atoms with Gasteiger partial charge in [-0.05, 0) is 12.8 Å². The highest BCUT2D eigenvalue weighted by molar-refractivity contribution is 4.83. The lowest BCUT2D eigenvalue weighted by Gasteiger charge is -2.16. The molecule has 0 aromatic rings. The van der Waals surface area contributed by atoms with E-state index in [9.17, 15) is 5.11 Å². The number of hydrogen-bond acceptors (Lipinski definition) is 2. The van der Waals surface area contributed by atoms with E-state index in [1.807, 2.05) is 6.92 Å². The van der Waals surface area contributed by atoms with Gasteiger partial charge in [0.25, 0.3) is 0 Å². The van der Waals surface area contributed by atoms with Gasteiger partial charge in [-0.3, -0.25) is 0 Å². The minimum absolute atomic E-state index is 0.202. The molecule has 0 heterocycles. The molecule has 1 N–H and O–H groups in total. The van der Waals surface area contributed by atoms with Crippen LogP contribution in [-0.2, 0) is 4.74 Å². The lowest BCUT2D eigenvalue weighted by Crippen LogP contribution is -2.21. The van der Waals surface area contributed by atoms with Crippen LogP contribution < -0.4 is 0 Å². The topological polar surface area (TPSA) is 29.5 Å². The van der Waals surface area contributed by atoms with Crippen molar-refractivity contribution in [1.82, 2.24) is 0 Å². The van der Waals surface area contributed by atoms with Crippen LogP contribution in [0.25, 0.3) is 0 Å². The van der Waals surface area contributed by atoms with Crippen LogP contribution in [0.3, 0.4) is 0 Å². The number of aliphatic hydroxyl groups excluding tert-OH is 1. The quantitative estimate of drug-likeness (QED) is 0.482. The number of rotatable bonds is 6. The summed E-state index contributed by atoms with van der Waals surface area (Å²) < 4.78 is 4.93. The van der Waals surface area contributed by atoms with Crippen molar-refractivity contribution >= 4 is 0 Å². The van der Waals surface area contributed by atoms with Gasteiger partial charge in [-0.25, -0.2) is 0 Å². The summed E-state index contributed by atoms with van der Waals surface area (Å²) in [5, 5.41) is 9.53. The summed E-state index contributed by atoms with van der Waals surface area (Å²) in [6.07, 6.45) is 7.23. The van der Waals surface area contributed by atoms with E-state index >= 15 is 0 Å². The maximum absolute atomic E-state index is 9.53. The van der Waals surface area contributed by atoms with E-state index in [4.69, 9.17) is 11.2 Å². The van der Waals surface area contributed by atoms with Gasteiger partial charge in [0.1, 0.15) is 0 Å². The van der Waals surface area contributed by atoms with E-state index in [-0.39, 0.29) is 12.0 Å². The molecule has 0 saturated heterocycles. The molecule has 0 saturated carbocycles. The summed E-state index contributed by atoms with van der Waals surface area (Å²) in [7, 11) is 1.64. The molecule has 0 rings (SSSR count). The van der Waals surface area contributed by atoms with Gasteiger partial charge in [0, 0.05) is 19.4 Å². The van der Waals surface area contributed by atoms with Gasteiger partial charge in [0.05, 0.1) is 12.7 Å². The highest BCUT2D eigenvalue weighted by Gasteiger charge is 2.12. The predicted molar refractivity (Wildman–Crippen MR) is 49.7 cm³/mol. The first-order valence-corrected chi connectivity index (χ1v) is 4.32. The second kappa shape index (κ2) is 7.15. The molecule has 2 unspecified atom stereocenters. The molecule has 12 heavy (non-hydrogen) atoms. The molecule has 2 atom stereocenters. The fraction of sp³-hybridized carbons (Fsp3) is 0.800. The molecule has 2 nitrogen and oxygen atoms in total. The van der Waals surface area contributed by atoms with E-state index in [1.54, 1.807) is 7.11 Å². The van der Waals surface area contributed by atoms with E-state index in [0.29, 0.717) is 6.61 Å².